The molecule has 86 valence electrons. The van der Waals surface area contributed by atoms with Crippen LogP contribution in [0.3, 0.4) is 0 Å². The van der Waals surface area contributed by atoms with E-state index in [1.165, 1.54) is 0 Å². The summed E-state index contributed by atoms with van der Waals surface area (Å²) < 4.78 is 0. The standard InChI is InChI=1S/C12H14N2O.ClH/c13-11(8-15)7-9-3-4-12-10(6-9)2-1-5-14-12;/h1-6,11,15H,7-8,13H2;1H. The van der Waals surface area contributed by atoms with Crippen molar-refractivity contribution in [3.05, 3.63) is 42.1 Å². The van der Waals surface area contributed by atoms with Crippen LogP contribution in [0.5, 0.6) is 0 Å². The molecule has 1 unspecified atom stereocenters. The highest BCUT2D eigenvalue weighted by atomic mass is 35.5. The normalized spacial score (nSPS) is 12.1. The number of pyridine rings is 1. The van der Waals surface area contributed by atoms with Gasteiger partial charge in [0, 0.05) is 17.6 Å². The first kappa shape index (κ1) is 12.9. The largest absolute Gasteiger partial charge is 0.395 e. The van der Waals surface area contributed by atoms with Gasteiger partial charge in [0.1, 0.15) is 0 Å². The lowest BCUT2D eigenvalue weighted by Crippen LogP contribution is -2.26. The van der Waals surface area contributed by atoms with Crippen LogP contribution in [0.2, 0.25) is 0 Å². The smallest absolute Gasteiger partial charge is 0.0702 e. The molecule has 0 aliphatic heterocycles. The Kier molecular flexibility index (Phi) is 4.68. The summed E-state index contributed by atoms with van der Waals surface area (Å²) >= 11 is 0. The first-order chi connectivity index (χ1) is 7.29. The molecule has 4 heteroatoms. The Morgan fingerprint density at radius 1 is 1.31 bits per heavy atom. The molecular formula is C12H15ClN2O. The summed E-state index contributed by atoms with van der Waals surface area (Å²) in [5.74, 6) is 0. The number of hydrogen-bond acceptors (Lipinski definition) is 3. The average Bonchev–Trinajstić information content (AvgIpc) is 2.29. The number of aromatic nitrogens is 1. The van der Waals surface area contributed by atoms with Gasteiger partial charge in [0.25, 0.3) is 0 Å². The monoisotopic (exact) mass is 238 g/mol. The molecule has 1 aromatic heterocycles. The van der Waals surface area contributed by atoms with Gasteiger partial charge in [-0.05, 0) is 30.2 Å². The third-order valence-corrected chi connectivity index (χ3v) is 2.40. The van der Waals surface area contributed by atoms with E-state index in [4.69, 9.17) is 10.8 Å². The van der Waals surface area contributed by atoms with E-state index in [1.807, 2.05) is 24.3 Å². The number of aliphatic hydroxyl groups is 1. The quantitative estimate of drug-likeness (QED) is 0.853. The van der Waals surface area contributed by atoms with Gasteiger partial charge in [-0.2, -0.15) is 0 Å². The minimum absolute atomic E-state index is 0. The highest BCUT2D eigenvalue weighted by Gasteiger charge is 2.03. The molecular weight excluding hydrogens is 224 g/mol. The summed E-state index contributed by atoms with van der Waals surface area (Å²) in [6, 6.07) is 9.81. The molecule has 3 N–H and O–H groups in total. The summed E-state index contributed by atoms with van der Waals surface area (Å²) in [5.41, 5.74) is 7.80. The molecule has 0 aliphatic rings. The molecule has 0 bridgehead atoms. The Labute approximate surface area is 101 Å². The lowest BCUT2D eigenvalue weighted by Gasteiger charge is -2.08. The van der Waals surface area contributed by atoms with Crippen LogP contribution in [0.15, 0.2) is 36.5 Å². The summed E-state index contributed by atoms with van der Waals surface area (Å²) in [4.78, 5) is 4.24. The predicted molar refractivity (Wildman–Crippen MR) is 67.8 cm³/mol. The first-order valence-electron chi connectivity index (χ1n) is 4.99. The Hall–Kier alpha value is -1.16. The number of fused-ring (bicyclic) bond motifs is 1. The van der Waals surface area contributed by atoms with Crippen molar-refractivity contribution in [2.45, 2.75) is 12.5 Å². The van der Waals surface area contributed by atoms with Crippen LogP contribution < -0.4 is 5.73 Å². The molecule has 3 nitrogen and oxygen atoms in total. The highest BCUT2D eigenvalue weighted by Crippen LogP contribution is 2.14. The van der Waals surface area contributed by atoms with E-state index < -0.39 is 0 Å². The fourth-order valence-electron chi connectivity index (χ4n) is 1.62. The molecule has 1 atom stereocenters. The van der Waals surface area contributed by atoms with Crippen molar-refractivity contribution < 1.29 is 5.11 Å². The number of halogens is 1. The lowest BCUT2D eigenvalue weighted by molar-refractivity contribution is 0.265. The number of nitrogens with zero attached hydrogens (tertiary/aromatic N) is 1. The number of nitrogens with two attached hydrogens (primary N) is 1. The zero-order chi connectivity index (χ0) is 10.7. The molecule has 1 heterocycles. The van der Waals surface area contributed by atoms with Crippen LogP contribution in [0.4, 0.5) is 0 Å². The lowest BCUT2D eigenvalue weighted by atomic mass is 10.0. The zero-order valence-corrected chi connectivity index (χ0v) is 9.65. The number of benzene rings is 1. The third-order valence-electron chi connectivity index (χ3n) is 2.40. The molecule has 1 aromatic carbocycles. The predicted octanol–water partition coefficient (Wildman–Crippen LogP) is 1.52. The van der Waals surface area contributed by atoms with Crippen LogP contribution in [-0.4, -0.2) is 22.7 Å². The fraction of sp³-hybridized carbons (Fsp3) is 0.250. The van der Waals surface area contributed by atoms with Gasteiger partial charge in [0.2, 0.25) is 0 Å². The van der Waals surface area contributed by atoms with Crippen molar-refractivity contribution in [2.75, 3.05) is 6.61 Å². The SMILES string of the molecule is Cl.NC(CO)Cc1ccc2ncccc2c1. The molecule has 0 saturated carbocycles. The minimum atomic E-state index is -0.181. The van der Waals surface area contributed by atoms with E-state index in [0.717, 1.165) is 16.5 Å². The molecule has 0 amide bonds. The van der Waals surface area contributed by atoms with E-state index in [0.29, 0.717) is 6.42 Å². The third kappa shape index (κ3) is 2.92. The van der Waals surface area contributed by atoms with Gasteiger partial charge in [0.15, 0.2) is 0 Å². The van der Waals surface area contributed by atoms with E-state index >= 15 is 0 Å². The minimum Gasteiger partial charge on any atom is -0.395 e. The van der Waals surface area contributed by atoms with Gasteiger partial charge in [0.05, 0.1) is 12.1 Å². The van der Waals surface area contributed by atoms with Crippen LogP contribution in [0.1, 0.15) is 5.56 Å². The molecule has 2 aromatic rings. The fourth-order valence-corrected chi connectivity index (χ4v) is 1.62. The maximum Gasteiger partial charge on any atom is 0.0702 e. The molecule has 0 saturated heterocycles. The summed E-state index contributed by atoms with van der Waals surface area (Å²) in [6.45, 7) is 0.0189. The zero-order valence-electron chi connectivity index (χ0n) is 8.84. The Bertz CT molecular complexity index is 461. The van der Waals surface area contributed by atoms with Crippen molar-refractivity contribution in [3.8, 4) is 0 Å². The number of hydrogen-bond donors (Lipinski definition) is 2. The molecule has 0 aliphatic carbocycles. The maximum atomic E-state index is 8.87. The molecule has 0 radical (unpaired) electrons. The van der Waals surface area contributed by atoms with Gasteiger partial charge >= 0.3 is 0 Å². The Balaban J connectivity index is 0.00000128. The van der Waals surface area contributed by atoms with Crippen molar-refractivity contribution in [3.63, 3.8) is 0 Å². The van der Waals surface area contributed by atoms with Crippen LogP contribution in [0.25, 0.3) is 10.9 Å². The summed E-state index contributed by atoms with van der Waals surface area (Å²) in [5, 5.41) is 9.98. The van der Waals surface area contributed by atoms with Crippen molar-refractivity contribution in [2.24, 2.45) is 5.73 Å². The maximum absolute atomic E-state index is 8.87. The van der Waals surface area contributed by atoms with Crippen molar-refractivity contribution in [1.29, 1.82) is 0 Å². The molecule has 0 spiro atoms. The van der Waals surface area contributed by atoms with E-state index in [1.54, 1.807) is 6.20 Å². The second-order valence-electron chi connectivity index (χ2n) is 3.68. The van der Waals surface area contributed by atoms with Gasteiger partial charge in [-0.1, -0.05) is 12.1 Å². The van der Waals surface area contributed by atoms with Crippen LogP contribution in [-0.2, 0) is 6.42 Å². The Morgan fingerprint density at radius 2 is 2.12 bits per heavy atom. The van der Waals surface area contributed by atoms with Gasteiger partial charge in [-0.3, -0.25) is 4.98 Å². The second kappa shape index (κ2) is 5.80. The van der Waals surface area contributed by atoms with E-state index in [-0.39, 0.29) is 25.1 Å². The number of aliphatic hydroxyl groups excluding tert-OH is 1. The van der Waals surface area contributed by atoms with Gasteiger partial charge < -0.3 is 10.8 Å². The van der Waals surface area contributed by atoms with Crippen LogP contribution in [0, 0.1) is 0 Å². The summed E-state index contributed by atoms with van der Waals surface area (Å²) in [7, 11) is 0. The molecule has 2 rings (SSSR count). The van der Waals surface area contributed by atoms with Crippen molar-refractivity contribution >= 4 is 23.3 Å². The number of rotatable bonds is 3. The van der Waals surface area contributed by atoms with Crippen molar-refractivity contribution in [1.82, 2.24) is 4.98 Å². The first-order valence-corrected chi connectivity index (χ1v) is 4.99. The molecule has 0 fully saturated rings. The van der Waals surface area contributed by atoms with E-state index in [9.17, 15) is 0 Å². The van der Waals surface area contributed by atoms with Gasteiger partial charge in [-0.15, -0.1) is 12.4 Å². The topological polar surface area (TPSA) is 59.1 Å². The summed E-state index contributed by atoms with van der Waals surface area (Å²) in [6.07, 6.45) is 2.47. The average molecular weight is 239 g/mol. The van der Waals surface area contributed by atoms with Crippen LogP contribution >= 0.6 is 12.4 Å². The highest BCUT2D eigenvalue weighted by molar-refractivity contribution is 5.85. The molecule has 16 heavy (non-hydrogen) atoms. The Morgan fingerprint density at radius 3 is 2.88 bits per heavy atom. The van der Waals surface area contributed by atoms with Gasteiger partial charge in [-0.25, -0.2) is 0 Å². The van der Waals surface area contributed by atoms with E-state index in [2.05, 4.69) is 11.1 Å². The second-order valence-corrected chi connectivity index (χ2v) is 3.68.